The third-order valence-electron chi connectivity index (χ3n) is 5.15. The number of rotatable bonds is 20. The number of carboxylic acid groups (broad SMARTS) is 3. The molecular formula is C24H43NaO7. The van der Waals surface area contributed by atoms with E-state index >= 15 is 0 Å². The van der Waals surface area contributed by atoms with Gasteiger partial charge in [0, 0.05) is 0 Å². The molecule has 0 aromatic rings. The van der Waals surface area contributed by atoms with Gasteiger partial charge in [-0.3, -0.25) is 9.59 Å². The zero-order valence-electron chi connectivity index (χ0n) is 20.2. The van der Waals surface area contributed by atoms with Gasteiger partial charge in [0.1, 0.15) is 0 Å². The molecule has 0 saturated heterocycles. The Kier molecular flexibility index (Phi) is 24.2. The van der Waals surface area contributed by atoms with Crippen molar-refractivity contribution in [2.24, 2.45) is 0 Å². The van der Waals surface area contributed by atoms with E-state index in [1.165, 1.54) is 121 Å². The van der Waals surface area contributed by atoms with Crippen molar-refractivity contribution in [2.75, 3.05) is 0 Å². The zero-order valence-corrected chi connectivity index (χ0v) is 22.2. The summed E-state index contributed by atoms with van der Waals surface area (Å²) in [6.45, 7) is 2.29. The van der Waals surface area contributed by atoms with E-state index in [9.17, 15) is 14.4 Å². The second-order valence-corrected chi connectivity index (χ2v) is 9.42. The van der Waals surface area contributed by atoms with Crippen molar-refractivity contribution in [3.05, 3.63) is 12.2 Å². The van der Waals surface area contributed by atoms with Crippen molar-refractivity contribution in [1.82, 2.24) is 0 Å². The minimum atomic E-state index is -2.74. The Morgan fingerprint density at radius 1 is 0.688 bits per heavy atom. The van der Waals surface area contributed by atoms with E-state index in [0.29, 0.717) is 0 Å². The summed E-state index contributed by atoms with van der Waals surface area (Å²) in [7, 11) is 0. The van der Waals surface area contributed by atoms with Crippen LogP contribution in [0.5, 0.6) is 0 Å². The Morgan fingerprint density at radius 2 is 1.06 bits per heavy atom. The van der Waals surface area contributed by atoms with Gasteiger partial charge in [0.25, 0.3) is 0 Å². The Morgan fingerprint density at radius 3 is 1.41 bits per heavy atom. The van der Waals surface area contributed by atoms with Gasteiger partial charge < -0.3 is 20.4 Å². The number of aliphatic hydroxyl groups is 1. The molecule has 8 heteroatoms. The minimum Gasteiger partial charge on any atom is -0.481 e. The van der Waals surface area contributed by atoms with Gasteiger partial charge in [-0.15, -0.1) is 0 Å². The van der Waals surface area contributed by atoms with Crippen molar-refractivity contribution < 1.29 is 34.8 Å². The van der Waals surface area contributed by atoms with Crippen LogP contribution in [0, 0.1) is 0 Å². The second-order valence-electron chi connectivity index (χ2n) is 8.42. The van der Waals surface area contributed by atoms with E-state index < -0.39 is 36.4 Å². The molecule has 0 spiro atoms. The maximum absolute atomic E-state index is 10.3. The molecule has 0 aliphatic heterocycles. The van der Waals surface area contributed by atoms with E-state index in [4.69, 9.17) is 20.4 Å². The monoisotopic (exact) mass is 466 g/mol. The van der Waals surface area contributed by atoms with Gasteiger partial charge in [0.2, 0.25) is 0 Å². The molecule has 0 radical (unpaired) electrons. The summed E-state index contributed by atoms with van der Waals surface area (Å²) in [5.41, 5.74) is -2.74. The Hall–Kier alpha value is -0.890. The van der Waals surface area contributed by atoms with Gasteiger partial charge >= 0.3 is 119 Å². The quantitative estimate of drug-likeness (QED) is 0.108. The van der Waals surface area contributed by atoms with E-state index in [0.717, 1.165) is 0 Å². The average Bonchev–Trinajstić information content (AvgIpc) is 2.70. The molecule has 0 heterocycles. The molecule has 0 aliphatic carbocycles. The van der Waals surface area contributed by atoms with Crippen LogP contribution in [0.15, 0.2) is 12.2 Å². The van der Waals surface area contributed by atoms with E-state index in [2.05, 4.69) is 19.1 Å². The summed E-state index contributed by atoms with van der Waals surface area (Å²) < 4.78 is 1.50. The van der Waals surface area contributed by atoms with Crippen LogP contribution in [0.25, 0.3) is 0 Å². The van der Waals surface area contributed by atoms with Crippen molar-refractivity contribution in [3.8, 4) is 0 Å². The Balaban J connectivity index is 0. The molecule has 32 heavy (non-hydrogen) atoms. The fraction of sp³-hybridized carbons (Fsp3) is 0.792. The topological polar surface area (TPSA) is 132 Å². The molecule has 7 nitrogen and oxygen atoms in total. The van der Waals surface area contributed by atoms with Crippen molar-refractivity contribution in [3.63, 3.8) is 0 Å². The van der Waals surface area contributed by atoms with Gasteiger partial charge in [0.15, 0.2) is 5.60 Å². The molecule has 4 N–H and O–H groups in total. The summed E-state index contributed by atoms with van der Waals surface area (Å²) in [5.74, 6) is -5.02. The van der Waals surface area contributed by atoms with Crippen LogP contribution < -0.4 is 0 Å². The third kappa shape index (κ3) is 23.8. The largest absolute Gasteiger partial charge is 0.481 e. The molecule has 0 unspecified atom stereocenters. The Bertz CT molecular complexity index is 504. The first-order chi connectivity index (χ1) is 15.2. The van der Waals surface area contributed by atoms with Crippen molar-refractivity contribution in [2.45, 2.75) is 119 Å². The first-order valence-corrected chi connectivity index (χ1v) is 13.6. The number of allylic oxidation sites excluding steroid dienone is 2. The van der Waals surface area contributed by atoms with Gasteiger partial charge in [-0.2, -0.15) is 0 Å². The summed E-state index contributed by atoms with van der Waals surface area (Å²) in [4.78, 5) is 30.5. The molecule has 0 saturated carbocycles. The smallest absolute Gasteiger partial charge is 0.336 e. The number of hydrogen-bond donors (Lipinski definition) is 4. The molecule has 0 atom stereocenters. The van der Waals surface area contributed by atoms with E-state index in [-0.39, 0.29) is 0 Å². The minimum absolute atomic E-state index is 1.14. The van der Waals surface area contributed by atoms with Gasteiger partial charge in [-0.25, -0.2) is 4.79 Å². The molecular weight excluding hydrogens is 423 g/mol. The summed E-state index contributed by atoms with van der Waals surface area (Å²) in [6.07, 6.45) is 22.5. The molecule has 0 rings (SSSR count). The van der Waals surface area contributed by atoms with Gasteiger partial charge in [-0.05, 0) is 0 Å². The van der Waals surface area contributed by atoms with Crippen LogP contribution in [0.1, 0.15) is 110 Å². The number of hydrogen-bond acceptors (Lipinski definition) is 4. The molecule has 0 bridgehead atoms. The summed E-state index contributed by atoms with van der Waals surface area (Å²) in [6, 6.07) is 0. The maximum atomic E-state index is 10.3. The van der Waals surface area contributed by atoms with Crippen LogP contribution in [0.3, 0.4) is 0 Å². The maximum Gasteiger partial charge on any atom is 0.336 e. The standard InChI is InChI=1S/C18H35.C6H8O7.Na/c1-3-5-7-9-11-13-15-17-18-16-14-12-10-8-6-4-2;7-3(8)1-6(13,5(11)12)2-4(9)10;/h17-18H,1,3-16H2,2H3;13H,1-2H2,(H,7,8)(H,9,10)(H,11,12);/b18-17-;;. The predicted molar refractivity (Wildman–Crippen MR) is 127 cm³/mol. The second kappa shape index (κ2) is 23.3. The number of carboxylic acids is 3. The SMILES string of the molecule is CCCCCCCC/C=C\CCCCCCC[CH2][Na].O=C(O)CC(O)(CC(=O)O)C(=O)O. The molecule has 0 aromatic carbocycles. The van der Waals surface area contributed by atoms with Crippen LogP contribution in [-0.4, -0.2) is 71.9 Å². The normalized spacial score (nSPS) is 11.2. The number of unbranched alkanes of at least 4 members (excludes halogenated alkanes) is 12. The fourth-order valence-electron chi connectivity index (χ4n) is 3.21. The molecule has 0 amide bonds. The molecule has 0 aliphatic rings. The summed E-state index contributed by atoms with van der Waals surface area (Å²) in [5, 5.41) is 33.8. The van der Waals surface area contributed by atoms with Gasteiger partial charge in [-0.1, -0.05) is 39.0 Å². The first kappa shape index (κ1) is 33.3. The number of carbonyl (C=O) groups is 3. The molecule has 182 valence electrons. The summed E-state index contributed by atoms with van der Waals surface area (Å²) >= 11 is 1.40. The van der Waals surface area contributed by atoms with Crippen LogP contribution in [-0.2, 0) is 14.4 Å². The average molecular weight is 467 g/mol. The number of aliphatic carboxylic acids is 3. The first-order valence-electron chi connectivity index (χ1n) is 12.2. The fourth-order valence-corrected chi connectivity index (χ4v) is 3.71. The zero-order chi connectivity index (χ0) is 24.7. The molecule has 0 aromatic heterocycles. The van der Waals surface area contributed by atoms with Crippen LogP contribution in [0.4, 0.5) is 0 Å². The van der Waals surface area contributed by atoms with Crippen molar-refractivity contribution in [1.29, 1.82) is 0 Å². The van der Waals surface area contributed by atoms with Crippen LogP contribution in [0.2, 0.25) is 3.67 Å². The van der Waals surface area contributed by atoms with Gasteiger partial charge in [0.05, 0.1) is 12.8 Å². The van der Waals surface area contributed by atoms with E-state index in [1.807, 2.05) is 0 Å². The van der Waals surface area contributed by atoms with Crippen molar-refractivity contribution >= 4 is 45.8 Å². The third-order valence-corrected chi connectivity index (χ3v) is 5.86. The van der Waals surface area contributed by atoms with Crippen LogP contribution >= 0.6 is 0 Å². The van der Waals surface area contributed by atoms with E-state index in [1.54, 1.807) is 0 Å². The molecule has 0 fully saturated rings. The predicted octanol–water partition coefficient (Wildman–Crippen LogP) is 5.36. The Labute approximate surface area is 211 Å².